The lowest BCUT2D eigenvalue weighted by molar-refractivity contribution is 0.182. The molecule has 1 aliphatic rings. The average Bonchev–Trinajstić information content (AvgIpc) is 3.17. The first-order valence-corrected chi connectivity index (χ1v) is 9.15. The van der Waals surface area contributed by atoms with Gasteiger partial charge in [-0.3, -0.25) is 0 Å². The van der Waals surface area contributed by atoms with Crippen LogP contribution in [0.3, 0.4) is 0 Å². The Labute approximate surface area is 163 Å². The zero-order valence-corrected chi connectivity index (χ0v) is 15.7. The fraction of sp³-hybridized carbons (Fsp3) is 0.190. The lowest BCUT2D eigenvalue weighted by atomic mass is 10.0. The molecule has 0 saturated heterocycles. The molecule has 0 radical (unpaired) electrons. The van der Waals surface area contributed by atoms with E-state index in [2.05, 4.69) is 22.1 Å². The quantitative estimate of drug-likeness (QED) is 0.709. The van der Waals surface area contributed by atoms with Gasteiger partial charge in [0.25, 0.3) is 0 Å². The summed E-state index contributed by atoms with van der Waals surface area (Å²) in [6, 6.07) is 18.8. The zero-order valence-electron chi connectivity index (χ0n) is 14.9. The molecule has 0 saturated carbocycles. The van der Waals surface area contributed by atoms with Crippen molar-refractivity contribution in [2.45, 2.75) is 12.6 Å². The van der Waals surface area contributed by atoms with Crippen LogP contribution in [0, 0.1) is 0 Å². The van der Waals surface area contributed by atoms with Crippen LogP contribution in [0.4, 0.5) is 10.5 Å². The predicted molar refractivity (Wildman–Crippen MR) is 106 cm³/mol. The fourth-order valence-electron chi connectivity index (χ4n) is 3.47. The number of fused-ring (bicyclic) bond motifs is 1. The van der Waals surface area contributed by atoms with Crippen LogP contribution in [-0.2, 0) is 6.54 Å². The first-order chi connectivity index (χ1) is 13.2. The average molecular weight is 382 g/mol. The molecule has 0 aliphatic carbocycles. The Kier molecular flexibility index (Phi) is 4.77. The molecule has 0 fully saturated rings. The number of urea groups is 1. The number of anilines is 1. The minimum Gasteiger partial charge on any atom is -0.497 e. The highest BCUT2D eigenvalue weighted by molar-refractivity contribution is 6.30. The van der Waals surface area contributed by atoms with Crippen molar-refractivity contribution in [1.29, 1.82) is 0 Å². The molecule has 0 spiro atoms. The molecular formula is C21H20ClN3O2. The maximum absolute atomic E-state index is 13.1. The Morgan fingerprint density at radius 2 is 1.81 bits per heavy atom. The highest BCUT2D eigenvalue weighted by Crippen LogP contribution is 2.33. The van der Waals surface area contributed by atoms with Crippen molar-refractivity contribution in [2.24, 2.45) is 0 Å². The van der Waals surface area contributed by atoms with E-state index in [1.807, 2.05) is 59.5 Å². The first-order valence-electron chi connectivity index (χ1n) is 8.78. The third-order valence-corrected chi connectivity index (χ3v) is 5.08. The number of methoxy groups -OCH3 is 1. The number of rotatable bonds is 3. The molecule has 1 atom stereocenters. The highest BCUT2D eigenvalue weighted by Gasteiger charge is 2.32. The van der Waals surface area contributed by atoms with Crippen molar-refractivity contribution < 1.29 is 9.53 Å². The maximum Gasteiger partial charge on any atom is 0.322 e. The number of carbonyl (C=O) groups is 1. The van der Waals surface area contributed by atoms with Crippen LogP contribution in [-0.4, -0.2) is 29.2 Å². The van der Waals surface area contributed by atoms with Crippen LogP contribution >= 0.6 is 11.6 Å². The summed E-state index contributed by atoms with van der Waals surface area (Å²) >= 11 is 6.05. The van der Waals surface area contributed by atoms with Gasteiger partial charge in [-0.1, -0.05) is 23.7 Å². The van der Waals surface area contributed by atoms with Gasteiger partial charge in [0, 0.05) is 35.7 Å². The van der Waals surface area contributed by atoms with Gasteiger partial charge in [0.2, 0.25) is 0 Å². The topological polar surface area (TPSA) is 46.5 Å². The van der Waals surface area contributed by atoms with Crippen molar-refractivity contribution in [1.82, 2.24) is 9.47 Å². The lowest BCUT2D eigenvalue weighted by Crippen LogP contribution is -2.44. The van der Waals surface area contributed by atoms with Gasteiger partial charge in [-0.05, 0) is 54.1 Å². The standard InChI is InChI=1S/C21H20ClN3O2/c1-27-18-10-8-17(9-11-18)23-21(26)25-14-13-24-12-2-3-19(24)20(25)15-4-6-16(22)7-5-15/h2-12,20H,13-14H2,1H3,(H,23,26)/t20-/m0/s1. The van der Waals surface area contributed by atoms with Crippen LogP contribution in [0.25, 0.3) is 0 Å². The van der Waals surface area contributed by atoms with E-state index in [1.54, 1.807) is 7.11 Å². The predicted octanol–water partition coefficient (Wildman–Crippen LogP) is 4.79. The Hall–Kier alpha value is -2.92. The Balaban J connectivity index is 1.63. The number of hydrogen-bond acceptors (Lipinski definition) is 2. The smallest absolute Gasteiger partial charge is 0.322 e. The molecule has 4 rings (SSSR count). The molecule has 138 valence electrons. The van der Waals surface area contributed by atoms with Gasteiger partial charge in [-0.2, -0.15) is 0 Å². The molecule has 2 heterocycles. The van der Waals surface area contributed by atoms with Crippen molar-refractivity contribution >= 4 is 23.3 Å². The van der Waals surface area contributed by atoms with Gasteiger partial charge in [0.05, 0.1) is 13.2 Å². The van der Waals surface area contributed by atoms with E-state index < -0.39 is 0 Å². The van der Waals surface area contributed by atoms with E-state index in [0.717, 1.165) is 29.2 Å². The number of amides is 2. The Morgan fingerprint density at radius 1 is 1.07 bits per heavy atom. The summed E-state index contributed by atoms with van der Waals surface area (Å²) in [4.78, 5) is 14.9. The molecule has 3 aromatic rings. The number of nitrogens with zero attached hydrogens (tertiary/aromatic N) is 2. The third kappa shape index (κ3) is 3.51. The SMILES string of the molecule is COc1ccc(NC(=O)N2CCn3cccc3[C@@H]2c2ccc(Cl)cc2)cc1. The van der Waals surface area contributed by atoms with Gasteiger partial charge in [-0.25, -0.2) is 4.79 Å². The molecule has 2 amide bonds. The lowest BCUT2D eigenvalue weighted by Gasteiger charge is -2.37. The van der Waals surface area contributed by atoms with Crippen molar-refractivity contribution in [3.05, 3.63) is 83.1 Å². The number of nitrogens with one attached hydrogen (secondary N) is 1. The number of halogens is 1. The van der Waals surface area contributed by atoms with Gasteiger partial charge in [-0.15, -0.1) is 0 Å². The van der Waals surface area contributed by atoms with E-state index in [0.29, 0.717) is 11.6 Å². The minimum absolute atomic E-state index is 0.132. The molecule has 0 unspecified atom stereocenters. The van der Waals surface area contributed by atoms with Crippen molar-refractivity contribution in [3.8, 4) is 5.75 Å². The van der Waals surface area contributed by atoms with Crippen LogP contribution in [0.1, 0.15) is 17.3 Å². The van der Waals surface area contributed by atoms with Crippen LogP contribution in [0.5, 0.6) is 5.75 Å². The van der Waals surface area contributed by atoms with E-state index in [-0.39, 0.29) is 12.1 Å². The summed E-state index contributed by atoms with van der Waals surface area (Å²) in [7, 11) is 1.62. The molecule has 1 aromatic heterocycles. The third-order valence-electron chi connectivity index (χ3n) is 4.83. The monoisotopic (exact) mass is 381 g/mol. The highest BCUT2D eigenvalue weighted by atomic mass is 35.5. The molecule has 2 aromatic carbocycles. The summed E-state index contributed by atoms with van der Waals surface area (Å²) in [6.45, 7) is 1.39. The molecule has 27 heavy (non-hydrogen) atoms. The summed E-state index contributed by atoms with van der Waals surface area (Å²) in [5.74, 6) is 0.753. The Bertz CT molecular complexity index is 935. The first kappa shape index (κ1) is 17.5. The normalized spacial score (nSPS) is 15.9. The number of benzene rings is 2. The van der Waals surface area contributed by atoms with E-state index in [4.69, 9.17) is 16.3 Å². The fourth-order valence-corrected chi connectivity index (χ4v) is 3.59. The van der Waals surface area contributed by atoms with E-state index in [1.165, 1.54) is 0 Å². The number of carbonyl (C=O) groups excluding carboxylic acids is 1. The Morgan fingerprint density at radius 3 is 2.52 bits per heavy atom. The summed E-state index contributed by atoms with van der Waals surface area (Å²) in [6.07, 6.45) is 2.05. The maximum atomic E-state index is 13.1. The number of ether oxygens (including phenoxy) is 1. The van der Waals surface area contributed by atoms with Crippen molar-refractivity contribution in [2.75, 3.05) is 19.0 Å². The summed E-state index contributed by atoms with van der Waals surface area (Å²) in [5.41, 5.74) is 2.86. The number of aromatic nitrogens is 1. The van der Waals surface area contributed by atoms with Gasteiger partial charge >= 0.3 is 6.03 Å². The van der Waals surface area contributed by atoms with Crippen LogP contribution in [0.2, 0.25) is 5.02 Å². The molecule has 6 heteroatoms. The van der Waals surface area contributed by atoms with E-state index >= 15 is 0 Å². The molecule has 0 bridgehead atoms. The van der Waals surface area contributed by atoms with Gasteiger partial charge in [0.1, 0.15) is 5.75 Å². The summed E-state index contributed by atoms with van der Waals surface area (Å²) < 4.78 is 7.36. The molecule has 5 nitrogen and oxygen atoms in total. The number of hydrogen-bond donors (Lipinski definition) is 1. The molecule has 1 N–H and O–H groups in total. The zero-order chi connectivity index (χ0) is 18.8. The second-order valence-electron chi connectivity index (χ2n) is 6.43. The second-order valence-corrected chi connectivity index (χ2v) is 6.87. The van der Waals surface area contributed by atoms with E-state index in [9.17, 15) is 4.79 Å². The van der Waals surface area contributed by atoms with Crippen molar-refractivity contribution in [3.63, 3.8) is 0 Å². The molecular weight excluding hydrogens is 362 g/mol. The van der Waals surface area contributed by atoms with Gasteiger partial charge < -0.3 is 19.5 Å². The van der Waals surface area contributed by atoms with Crippen LogP contribution < -0.4 is 10.1 Å². The summed E-state index contributed by atoms with van der Waals surface area (Å²) in [5, 5.41) is 3.67. The van der Waals surface area contributed by atoms with Gasteiger partial charge in [0.15, 0.2) is 0 Å². The van der Waals surface area contributed by atoms with Crippen LogP contribution in [0.15, 0.2) is 66.9 Å². The molecule has 1 aliphatic heterocycles. The largest absolute Gasteiger partial charge is 0.497 e. The minimum atomic E-state index is -0.163. The second kappa shape index (κ2) is 7.37.